The molecule has 0 atom stereocenters. The number of esters is 1. The topological polar surface area (TPSA) is 84.5 Å². The van der Waals surface area contributed by atoms with E-state index in [0.29, 0.717) is 11.3 Å². The number of halogens is 2. The van der Waals surface area contributed by atoms with E-state index in [1.807, 2.05) is 0 Å². The van der Waals surface area contributed by atoms with Crippen LogP contribution >= 0.6 is 11.6 Å². The number of amides is 2. The minimum atomic E-state index is -1.01. The van der Waals surface area contributed by atoms with Crippen molar-refractivity contribution in [1.82, 2.24) is 5.32 Å². The maximum atomic E-state index is 13.5. The van der Waals surface area contributed by atoms with Crippen molar-refractivity contribution >= 4 is 35.1 Å². The minimum Gasteiger partial charge on any atom is -0.452 e. The van der Waals surface area contributed by atoms with E-state index in [-0.39, 0.29) is 16.5 Å². The summed E-state index contributed by atoms with van der Waals surface area (Å²) in [6.45, 7) is -0.616. The maximum Gasteiger partial charge on any atom is 0.341 e. The van der Waals surface area contributed by atoms with Gasteiger partial charge in [0.05, 0.1) is 5.56 Å². The molecule has 6 nitrogen and oxygen atoms in total. The molecule has 130 valence electrons. The van der Waals surface area contributed by atoms with Crippen molar-refractivity contribution in [2.24, 2.45) is 0 Å². The average molecular weight is 365 g/mol. The van der Waals surface area contributed by atoms with E-state index >= 15 is 0 Å². The fraction of sp³-hybridized carbons (Fsp3) is 0.118. The van der Waals surface area contributed by atoms with Crippen molar-refractivity contribution < 1.29 is 23.5 Å². The predicted octanol–water partition coefficient (Wildman–Crippen LogP) is 2.63. The van der Waals surface area contributed by atoms with Crippen LogP contribution < -0.4 is 10.6 Å². The third-order valence-electron chi connectivity index (χ3n) is 3.12. The molecule has 2 rings (SSSR count). The molecule has 0 radical (unpaired) electrons. The van der Waals surface area contributed by atoms with Crippen LogP contribution in [0.4, 0.5) is 10.1 Å². The lowest BCUT2D eigenvalue weighted by molar-refractivity contribution is -0.119. The zero-order chi connectivity index (χ0) is 18.4. The van der Waals surface area contributed by atoms with Crippen LogP contribution in [0.5, 0.6) is 0 Å². The molecule has 2 N–H and O–H groups in total. The van der Waals surface area contributed by atoms with Gasteiger partial charge in [-0.2, -0.15) is 0 Å². The summed E-state index contributed by atoms with van der Waals surface area (Å²) in [4.78, 5) is 35.2. The van der Waals surface area contributed by atoms with Crippen LogP contribution in [-0.2, 0) is 9.53 Å². The Balaban J connectivity index is 1.96. The first kappa shape index (κ1) is 18.4. The Morgan fingerprint density at radius 3 is 2.64 bits per heavy atom. The van der Waals surface area contributed by atoms with Gasteiger partial charge in [0.15, 0.2) is 6.61 Å². The summed E-state index contributed by atoms with van der Waals surface area (Å²) < 4.78 is 18.3. The Bertz CT molecular complexity index is 826. The number of carbonyl (C=O) groups is 3. The molecule has 0 fully saturated rings. The molecule has 0 saturated carbocycles. The van der Waals surface area contributed by atoms with Crippen LogP contribution in [-0.4, -0.2) is 31.4 Å². The molecular formula is C17H14ClFN2O4. The van der Waals surface area contributed by atoms with Gasteiger partial charge in [0.25, 0.3) is 11.8 Å². The van der Waals surface area contributed by atoms with E-state index in [9.17, 15) is 18.8 Å². The van der Waals surface area contributed by atoms with Crippen molar-refractivity contribution in [2.75, 3.05) is 19.0 Å². The van der Waals surface area contributed by atoms with Gasteiger partial charge < -0.3 is 15.4 Å². The Morgan fingerprint density at radius 1 is 1.16 bits per heavy atom. The summed E-state index contributed by atoms with van der Waals surface area (Å²) in [5.41, 5.74) is 0.358. The van der Waals surface area contributed by atoms with E-state index in [1.165, 1.54) is 19.2 Å². The smallest absolute Gasteiger partial charge is 0.341 e. The third kappa shape index (κ3) is 5.02. The molecule has 0 aliphatic rings. The largest absolute Gasteiger partial charge is 0.452 e. The molecule has 0 aromatic heterocycles. The normalized spacial score (nSPS) is 10.0. The molecule has 0 saturated heterocycles. The molecule has 0 aliphatic carbocycles. The summed E-state index contributed by atoms with van der Waals surface area (Å²) in [6.07, 6.45) is 0. The molecule has 0 spiro atoms. The van der Waals surface area contributed by atoms with Crippen LogP contribution in [0.15, 0.2) is 42.5 Å². The van der Waals surface area contributed by atoms with Gasteiger partial charge in [-0.25, -0.2) is 9.18 Å². The number of hydrogen-bond donors (Lipinski definition) is 2. The van der Waals surface area contributed by atoms with E-state index in [1.54, 1.807) is 18.2 Å². The Labute approximate surface area is 147 Å². The summed E-state index contributed by atoms with van der Waals surface area (Å²) in [6, 6.07) is 9.65. The number of anilines is 1. The quantitative estimate of drug-likeness (QED) is 0.799. The van der Waals surface area contributed by atoms with Gasteiger partial charge in [-0.3, -0.25) is 9.59 Å². The first-order valence-electron chi connectivity index (χ1n) is 7.15. The third-order valence-corrected chi connectivity index (χ3v) is 3.35. The first-order valence-corrected chi connectivity index (χ1v) is 7.52. The molecule has 2 aromatic rings. The SMILES string of the molecule is CNC(=O)c1cccc(NC(=O)COC(=O)c2cc(Cl)ccc2F)c1. The summed E-state index contributed by atoms with van der Waals surface area (Å²) in [5.74, 6) is -2.74. The summed E-state index contributed by atoms with van der Waals surface area (Å²) in [7, 11) is 1.49. The highest BCUT2D eigenvalue weighted by molar-refractivity contribution is 6.30. The van der Waals surface area contributed by atoms with Crippen molar-refractivity contribution in [1.29, 1.82) is 0 Å². The monoisotopic (exact) mass is 364 g/mol. The van der Waals surface area contributed by atoms with Gasteiger partial charge in [-0.05, 0) is 36.4 Å². The zero-order valence-corrected chi connectivity index (χ0v) is 13.9. The van der Waals surface area contributed by atoms with Crippen molar-refractivity contribution in [2.45, 2.75) is 0 Å². The number of benzene rings is 2. The lowest BCUT2D eigenvalue weighted by Gasteiger charge is -2.08. The van der Waals surface area contributed by atoms with E-state index in [0.717, 1.165) is 12.1 Å². The molecular weight excluding hydrogens is 351 g/mol. The molecule has 0 aliphatic heterocycles. The standard InChI is InChI=1S/C17H14ClFN2O4/c1-20-16(23)10-3-2-4-12(7-10)21-15(22)9-25-17(24)13-8-11(18)5-6-14(13)19/h2-8H,9H2,1H3,(H,20,23)(H,21,22). The highest BCUT2D eigenvalue weighted by Crippen LogP contribution is 2.16. The molecule has 2 aromatic carbocycles. The van der Waals surface area contributed by atoms with E-state index < -0.39 is 24.3 Å². The van der Waals surface area contributed by atoms with Crippen LogP contribution in [0.2, 0.25) is 5.02 Å². The number of nitrogens with one attached hydrogen (secondary N) is 2. The van der Waals surface area contributed by atoms with E-state index in [2.05, 4.69) is 10.6 Å². The van der Waals surface area contributed by atoms with Gasteiger partial charge in [-0.1, -0.05) is 17.7 Å². The van der Waals surface area contributed by atoms with Crippen molar-refractivity contribution in [3.05, 3.63) is 64.4 Å². The van der Waals surface area contributed by atoms with Gasteiger partial charge >= 0.3 is 5.97 Å². The summed E-state index contributed by atoms with van der Waals surface area (Å²) >= 11 is 5.70. The highest BCUT2D eigenvalue weighted by atomic mass is 35.5. The second-order valence-corrected chi connectivity index (χ2v) is 5.34. The maximum absolute atomic E-state index is 13.5. The molecule has 8 heteroatoms. The molecule has 0 unspecified atom stereocenters. The fourth-order valence-electron chi connectivity index (χ4n) is 1.94. The highest BCUT2D eigenvalue weighted by Gasteiger charge is 2.15. The molecule has 25 heavy (non-hydrogen) atoms. The molecule has 0 bridgehead atoms. The minimum absolute atomic E-state index is 0.170. The predicted molar refractivity (Wildman–Crippen MR) is 90.2 cm³/mol. The van der Waals surface area contributed by atoms with E-state index in [4.69, 9.17) is 16.3 Å². The summed E-state index contributed by atoms with van der Waals surface area (Å²) in [5, 5.41) is 5.11. The van der Waals surface area contributed by atoms with Gasteiger partial charge in [0.2, 0.25) is 0 Å². The van der Waals surface area contributed by atoms with Crippen molar-refractivity contribution in [3.63, 3.8) is 0 Å². The number of ether oxygens (including phenoxy) is 1. The van der Waals surface area contributed by atoms with Crippen molar-refractivity contribution in [3.8, 4) is 0 Å². The molecule has 0 heterocycles. The van der Waals surface area contributed by atoms with Gasteiger partial charge in [0, 0.05) is 23.3 Å². The van der Waals surface area contributed by atoms with Gasteiger partial charge in [-0.15, -0.1) is 0 Å². The Hall–Kier alpha value is -2.93. The first-order chi connectivity index (χ1) is 11.9. The fourth-order valence-corrected chi connectivity index (χ4v) is 2.11. The second-order valence-electron chi connectivity index (χ2n) is 4.91. The average Bonchev–Trinajstić information content (AvgIpc) is 2.61. The Morgan fingerprint density at radius 2 is 1.92 bits per heavy atom. The van der Waals surface area contributed by atoms with Crippen LogP contribution in [0.1, 0.15) is 20.7 Å². The number of rotatable bonds is 5. The number of hydrogen-bond acceptors (Lipinski definition) is 4. The second kappa shape index (κ2) is 8.25. The number of carbonyl (C=O) groups excluding carboxylic acids is 3. The molecule has 2 amide bonds. The van der Waals surface area contributed by atoms with Gasteiger partial charge in [0.1, 0.15) is 5.82 Å². The Kier molecular flexibility index (Phi) is 6.08. The lowest BCUT2D eigenvalue weighted by atomic mass is 10.2. The van der Waals surface area contributed by atoms with Crippen LogP contribution in [0, 0.1) is 5.82 Å². The zero-order valence-electron chi connectivity index (χ0n) is 13.1. The van der Waals surface area contributed by atoms with Crippen LogP contribution in [0.3, 0.4) is 0 Å². The lowest BCUT2D eigenvalue weighted by Crippen LogP contribution is -2.22. The van der Waals surface area contributed by atoms with Crippen LogP contribution in [0.25, 0.3) is 0 Å².